The maximum atomic E-state index is 5.97. The second kappa shape index (κ2) is 5.93. The van der Waals surface area contributed by atoms with Crippen molar-refractivity contribution in [1.82, 2.24) is 10.3 Å². The number of aromatic nitrogens is 1. The maximum absolute atomic E-state index is 5.97. The normalized spacial score (nSPS) is 29.2. The van der Waals surface area contributed by atoms with Crippen molar-refractivity contribution in [2.45, 2.75) is 63.3 Å². The molecule has 4 rings (SSSR count). The molecule has 3 aliphatic rings. The summed E-state index contributed by atoms with van der Waals surface area (Å²) in [6, 6.07) is 7.72. The Balaban J connectivity index is 1.49. The third kappa shape index (κ3) is 3.06. The molecule has 1 aromatic rings. The quantitative estimate of drug-likeness (QED) is 0.923. The zero-order chi connectivity index (χ0) is 14.1. The molecule has 4 heteroatoms. The molecule has 0 spiro atoms. The molecule has 2 saturated carbocycles. The Hall–Kier alpha value is -1.13. The monoisotopic (exact) mass is 287 g/mol. The molecule has 1 aliphatic heterocycles. The van der Waals surface area contributed by atoms with Crippen molar-refractivity contribution in [3.8, 4) is 0 Å². The van der Waals surface area contributed by atoms with Crippen molar-refractivity contribution in [2.24, 2.45) is 0 Å². The van der Waals surface area contributed by atoms with Crippen LogP contribution in [0.5, 0.6) is 0 Å². The summed E-state index contributed by atoms with van der Waals surface area (Å²) in [5.41, 5.74) is 1.17. The number of morpholine rings is 1. The highest BCUT2D eigenvalue weighted by Crippen LogP contribution is 2.31. The van der Waals surface area contributed by atoms with E-state index in [4.69, 9.17) is 9.72 Å². The minimum absolute atomic E-state index is 0.419. The van der Waals surface area contributed by atoms with Crippen LogP contribution in [0, 0.1) is 0 Å². The van der Waals surface area contributed by atoms with Crippen LogP contribution in [-0.4, -0.2) is 36.3 Å². The van der Waals surface area contributed by atoms with Gasteiger partial charge in [0.2, 0.25) is 0 Å². The van der Waals surface area contributed by atoms with E-state index in [1.165, 1.54) is 44.2 Å². The Morgan fingerprint density at radius 1 is 1.19 bits per heavy atom. The molecule has 2 unspecified atom stereocenters. The van der Waals surface area contributed by atoms with E-state index in [-0.39, 0.29) is 0 Å². The first-order chi connectivity index (χ1) is 10.4. The third-order valence-electron chi connectivity index (χ3n) is 4.97. The fraction of sp³-hybridized carbons (Fsp3) is 0.706. The standard InChI is InChI=1S/C17H25N3O/c1-2-6-16-15(5-1)20(10-11-21-16)17-7-3-4-14(19-17)12-18-13-8-9-13/h3-4,7,13,15-16,18H,1-2,5-6,8-12H2. The van der Waals surface area contributed by atoms with Gasteiger partial charge in [0.15, 0.2) is 0 Å². The number of nitrogens with one attached hydrogen (secondary N) is 1. The van der Waals surface area contributed by atoms with Crippen molar-refractivity contribution >= 4 is 5.82 Å². The van der Waals surface area contributed by atoms with Gasteiger partial charge < -0.3 is 15.0 Å². The molecule has 114 valence electrons. The van der Waals surface area contributed by atoms with Gasteiger partial charge in [0.25, 0.3) is 0 Å². The van der Waals surface area contributed by atoms with E-state index in [1.54, 1.807) is 0 Å². The second-order valence-electron chi connectivity index (χ2n) is 6.60. The van der Waals surface area contributed by atoms with Gasteiger partial charge in [-0.2, -0.15) is 0 Å². The number of nitrogens with zero attached hydrogens (tertiary/aromatic N) is 2. The number of hydrogen-bond acceptors (Lipinski definition) is 4. The molecular weight excluding hydrogens is 262 g/mol. The molecule has 0 bridgehead atoms. The molecule has 1 aromatic heterocycles. The number of anilines is 1. The first kappa shape index (κ1) is 13.5. The van der Waals surface area contributed by atoms with Crippen LogP contribution in [0.1, 0.15) is 44.2 Å². The minimum atomic E-state index is 0.419. The van der Waals surface area contributed by atoms with Gasteiger partial charge in [0, 0.05) is 19.1 Å². The van der Waals surface area contributed by atoms with E-state index in [1.807, 2.05) is 0 Å². The molecular formula is C17H25N3O. The number of rotatable bonds is 4. The van der Waals surface area contributed by atoms with Crippen molar-refractivity contribution in [1.29, 1.82) is 0 Å². The van der Waals surface area contributed by atoms with Gasteiger partial charge in [0.05, 0.1) is 24.4 Å². The van der Waals surface area contributed by atoms with Crippen LogP contribution < -0.4 is 10.2 Å². The van der Waals surface area contributed by atoms with E-state index < -0.39 is 0 Å². The lowest BCUT2D eigenvalue weighted by Crippen LogP contribution is -2.53. The summed E-state index contributed by atoms with van der Waals surface area (Å²) in [7, 11) is 0. The van der Waals surface area contributed by atoms with E-state index in [2.05, 4.69) is 28.4 Å². The summed E-state index contributed by atoms with van der Waals surface area (Å²) < 4.78 is 5.97. The van der Waals surface area contributed by atoms with Crippen LogP contribution in [0.15, 0.2) is 18.2 Å². The third-order valence-corrected chi connectivity index (χ3v) is 4.97. The Bertz CT molecular complexity index is 487. The zero-order valence-corrected chi connectivity index (χ0v) is 12.6. The first-order valence-electron chi connectivity index (χ1n) is 8.48. The van der Waals surface area contributed by atoms with E-state index in [9.17, 15) is 0 Å². The van der Waals surface area contributed by atoms with Crippen LogP contribution in [0.25, 0.3) is 0 Å². The molecule has 2 aliphatic carbocycles. The van der Waals surface area contributed by atoms with Crippen LogP contribution in [-0.2, 0) is 11.3 Å². The number of pyridine rings is 1. The molecule has 21 heavy (non-hydrogen) atoms. The van der Waals surface area contributed by atoms with Crippen LogP contribution in [0.3, 0.4) is 0 Å². The van der Waals surface area contributed by atoms with Crippen molar-refractivity contribution in [2.75, 3.05) is 18.1 Å². The van der Waals surface area contributed by atoms with Crippen LogP contribution >= 0.6 is 0 Å². The second-order valence-corrected chi connectivity index (χ2v) is 6.60. The van der Waals surface area contributed by atoms with Crippen molar-refractivity contribution < 1.29 is 4.74 Å². The average Bonchev–Trinajstić information content (AvgIpc) is 3.37. The Morgan fingerprint density at radius 2 is 2.10 bits per heavy atom. The van der Waals surface area contributed by atoms with E-state index in [0.717, 1.165) is 31.6 Å². The molecule has 1 saturated heterocycles. The zero-order valence-electron chi connectivity index (χ0n) is 12.6. The highest BCUT2D eigenvalue weighted by molar-refractivity contribution is 5.42. The lowest BCUT2D eigenvalue weighted by atomic mass is 9.90. The molecule has 4 nitrogen and oxygen atoms in total. The fourth-order valence-corrected chi connectivity index (χ4v) is 3.64. The van der Waals surface area contributed by atoms with Gasteiger partial charge in [-0.1, -0.05) is 18.9 Å². The molecule has 3 fully saturated rings. The Morgan fingerprint density at radius 3 is 3.00 bits per heavy atom. The smallest absolute Gasteiger partial charge is 0.129 e. The molecule has 0 amide bonds. The van der Waals surface area contributed by atoms with Gasteiger partial charge in [-0.3, -0.25) is 0 Å². The molecule has 0 radical (unpaired) electrons. The van der Waals surface area contributed by atoms with Gasteiger partial charge in [0.1, 0.15) is 5.82 Å². The lowest BCUT2D eigenvalue weighted by molar-refractivity contribution is -0.00899. The number of hydrogen-bond donors (Lipinski definition) is 1. The largest absolute Gasteiger partial charge is 0.374 e. The summed E-state index contributed by atoms with van der Waals surface area (Å²) in [6.45, 7) is 2.72. The maximum Gasteiger partial charge on any atom is 0.129 e. The van der Waals surface area contributed by atoms with Gasteiger partial charge >= 0.3 is 0 Å². The average molecular weight is 287 g/mol. The summed E-state index contributed by atoms with van der Waals surface area (Å²) in [6.07, 6.45) is 8.17. The highest BCUT2D eigenvalue weighted by atomic mass is 16.5. The number of fused-ring (bicyclic) bond motifs is 1. The summed E-state index contributed by atoms with van der Waals surface area (Å²) in [5, 5.41) is 3.55. The predicted molar refractivity (Wildman–Crippen MR) is 83.4 cm³/mol. The topological polar surface area (TPSA) is 37.4 Å². The molecule has 2 heterocycles. The summed E-state index contributed by atoms with van der Waals surface area (Å²) >= 11 is 0. The molecule has 2 atom stereocenters. The predicted octanol–water partition coefficient (Wildman–Crippen LogP) is 2.48. The summed E-state index contributed by atoms with van der Waals surface area (Å²) in [5.74, 6) is 1.14. The van der Waals surface area contributed by atoms with Crippen molar-refractivity contribution in [3.05, 3.63) is 23.9 Å². The SMILES string of the molecule is c1cc(CNC2CC2)nc(N2CCOC3CCCCC32)c1. The Kier molecular flexibility index (Phi) is 3.82. The van der Waals surface area contributed by atoms with Crippen molar-refractivity contribution in [3.63, 3.8) is 0 Å². The summed E-state index contributed by atoms with van der Waals surface area (Å²) in [4.78, 5) is 7.39. The first-order valence-corrected chi connectivity index (χ1v) is 8.48. The lowest BCUT2D eigenvalue weighted by Gasteiger charge is -2.44. The van der Waals surface area contributed by atoms with E-state index in [0.29, 0.717) is 12.1 Å². The van der Waals surface area contributed by atoms with Gasteiger partial charge in [-0.15, -0.1) is 0 Å². The van der Waals surface area contributed by atoms with Gasteiger partial charge in [-0.05, 0) is 37.8 Å². The fourth-order valence-electron chi connectivity index (χ4n) is 3.64. The van der Waals surface area contributed by atoms with Crippen LogP contribution in [0.4, 0.5) is 5.82 Å². The Labute approximate surface area is 126 Å². The van der Waals surface area contributed by atoms with Gasteiger partial charge in [-0.25, -0.2) is 4.98 Å². The molecule has 1 N–H and O–H groups in total. The number of ether oxygens (including phenoxy) is 1. The minimum Gasteiger partial charge on any atom is -0.374 e. The highest BCUT2D eigenvalue weighted by Gasteiger charge is 2.34. The molecule has 0 aromatic carbocycles. The van der Waals surface area contributed by atoms with E-state index >= 15 is 0 Å². The van der Waals surface area contributed by atoms with Crippen LogP contribution in [0.2, 0.25) is 0 Å².